The average Bonchev–Trinajstić information content (AvgIpc) is 3.38. The highest BCUT2D eigenvalue weighted by atomic mass is 19.1. The number of Topliss-reactive ketones (excluding diaryl/α,β-unsaturated/α-hetero) is 1. The van der Waals surface area contributed by atoms with E-state index in [1.165, 1.54) is 23.3 Å². The number of halogens is 1. The van der Waals surface area contributed by atoms with Crippen molar-refractivity contribution in [2.75, 3.05) is 6.61 Å². The molecule has 164 valence electrons. The molecule has 0 aliphatic carbocycles. The Morgan fingerprint density at radius 1 is 1.16 bits per heavy atom. The molecule has 7 heteroatoms. The van der Waals surface area contributed by atoms with Gasteiger partial charge in [0.1, 0.15) is 23.1 Å². The van der Waals surface area contributed by atoms with E-state index in [0.29, 0.717) is 29.2 Å². The number of nitrogens with zero attached hydrogens (tertiary/aromatic N) is 1. The molecule has 32 heavy (non-hydrogen) atoms. The predicted molar refractivity (Wildman–Crippen MR) is 115 cm³/mol. The van der Waals surface area contributed by atoms with Crippen molar-refractivity contribution in [1.82, 2.24) is 4.90 Å². The van der Waals surface area contributed by atoms with E-state index in [0.717, 1.165) is 6.07 Å². The SMILES string of the molecule is CCOc1ccc(C2C(=C(O)c3ccc(C)c(F)c3)C(=O)C(=O)N2Cc2ccco2)cc1. The second kappa shape index (κ2) is 8.70. The van der Waals surface area contributed by atoms with Crippen molar-refractivity contribution in [3.63, 3.8) is 0 Å². The topological polar surface area (TPSA) is 80.0 Å². The summed E-state index contributed by atoms with van der Waals surface area (Å²) >= 11 is 0. The molecule has 1 saturated heterocycles. The van der Waals surface area contributed by atoms with Crippen molar-refractivity contribution in [2.45, 2.75) is 26.4 Å². The first kappa shape index (κ1) is 21.4. The maximum atomic E-state index is 14.1. The van der Waals surface area contributed by atoms with E-state index in [4.69, 9.17) is 9.15 Å². The van der Waals surface area contributed by atoms with Crippen molar-refractivity contribution in [3.05, 3.63) is 94.7 Å². The molecule has 6 nitrogen and oxygen atoms in total. The van der Waals surface area contributed by atoms with Gasteiger partial charge in [0, 0.05) is 5.56 Å². The summed E-state index contributed by atoms with van der Waals surface area (Å²) in [6.45, 7) is 4.00. The number of carbonyl (C=O) groups excluding carboxylic acids is 2. The largest absolute Gasteiger partial charge is 0.507 e. The molecule has 1 amide bonds. The number of carbonyl (C=O) groups is 2. The zero-order valence-electron chi connectivity index (χ0n) is 17.7. The molecule has 0 bridgehead atoms. The fraction of sp³-hybridized carbons (Fsp3) is 0.200. The van der Waals surface area contributed by atoms with Crippen LogP contribution in [0.15, 0.2) is 70.9 Å². The summed E-state index contributed by atoms with van der Waals surface area (Å²) in [6.07, 6.45) is 1.48. The molecule has 1 atom stereocenters. The van der Waals surface area contributed by atoms with Crippen LogP contribution < -0.4 is 4.74 Å². The summed E-state index contributed by atoms with van der Waals surface area (Å²) in [5, 5.41) is 11.0. The number of hydrogen-bond donors (Lipinski definition) is 1. The van der Waals surface area contributed by atoms with Crippen molar-refractivity contribution in [3.8, 4) is 5.75 Å². The number of aryl methyl sites for hydroxylation is 1. The van der Waals surface area contributed by atoms with Gasteiger partial charge in [0.25, 0.3) is 11.7 Å². The third-order valence-electron chi connectivity index (χ3n) is 5.40. The number of ketones is 1. The number of likely N-dealkylation sites (tertiary alicyclic amines) is 1. The van der Waals surface area contributed by atoms with Crippen molar-refractivity contribution >= 4 is 17.4 Å². The fourth-order valence-electron chi connectivity index (χ4n) is 3.77. The lowest BCUT2D eigenvalue weighted by Gasteiger charge is -2.24. The summed E-state index contributed by atoms with van der Waals surface area (Å²) in [5.74, 6) is -1.42. The van der Waals surface area contributed by atoms with Gasteiger partial charge < -0.3 is 19.2 Å². The van der Waals surface area contributed by atoms with Crippen LogP contribution in [0.5, 0.6) is 5.75 Å². The molecule has 1 aliphatic rings. The molecular formula is C25H22FNO5. The van der Waals surface area contributed by atoms with E-state index in [2.05, 4.69) is 0 Å². The lowest BCUT2D eigenvalue weighted by Crippen LogP contribution is -2.29. The first-order chi connectivity index (χ1) is 15.4. The van der Waals surface area contributed by atoms with E-state index in [1.807, 2.05) is 6.92 Å². The number of benzene rings is 2. The molecule has 1 unspecified atom stereocenters. The van der Waals surface area contributed by atoms with Gasteiger partial charge in [0.05, 0.1) is 31.0 Å². The molecule has 0 spiro atoms. The molecule has 0 saturated carbocycles. The number of amides is 1. The average molecular weight is 435 g/mol. The summed E-state index contributed by atoms with van der Waals surface area (Å²) < 4.78 is 25.0. The molecule has 2 aromatic carbocycles. The Hall–Kier alpha value is -3.87. The zero-order chi connectivity index (χ0) is 22.8. The first-order valence-electron chi connectivity index (χ1n) is 10.2. The van der Waals surface area contributed by atoms with Gasteiger partial charge in [0.2, 0.25) is 0 Å². The Labute approximate surface area is 184 Å². The van der Waals surface area contributed by atoms with Crippen LogP contribution in [0, 0.1) is 12.7 Å². The Bertz CT molecular complexity index is 1180. The highest BCUT2D eigenvalue weighted by Gasteiger charge is 2.46. The van der Waals surface area contributed by atoms with E-state index in [-0.39, 0.29) is 17.7 Å². The number of ether oxygens (including phenoxy) is 1. The van der Waals surface area contributed by atoms with Crippen LogP contribution in [-0.2, 0) is 16.1 Å². The smallest absolute Gasteiger partial charge is 0.296 e. The summed E-state index contributed by atoms with van der Waals surface area (Å²) in [6, 6.07) is 13.6. The fourth-order valence-corrected chi connectivity index (χ4v) is 3.77. The van der Waals surface area contributed by atoms with Crippen LogP contribution in [0.4, 0.5) is 4.39 Å². The van der Waals surface area contributed by atoms with E-state index in [9.17, 15) is 19.1 Å². The molecule has 3 aromatic rings. The van der Waals surface area contributed by atoms with Gasteiger partial charge in [-0.05, 0) is 55.3 Å². The minimum absolute atomic E-state index is 0.0362. The van der Waals surface area contributed by atoms with Gasteiger partial charge in [-0.2, -0.15) is 0 Å². The standard InChI is InChI=1S/C25H22FNO5/c1-3-31-18-10-8-16(9-11-18)22-21(23(28)17-7-6-15(2)20(26)13-17)24(29)25(30)27(22)14-19-5-4-12-32-19/h4-13,22,28H,3,14H2,1-2H3. The highest BCUT2D eigenvalue weighted by molar-refractivity contribution is 6.46. The molecule has 4 rings (SSSR count). The van der Waals surface area contributed by atoms with Crippen molar-refractivity contribution in [1.29, 1.82) is 0 Å². The Morgan fingerprint density at radius 3 is 2.53 bits per heavy atom. The third-order valence-corrected chi connectivity index (χ3v) is 5.40. The molecule has 2 heterocycles. The van der Waals surface area contributed by atoms with Gasteiger partial charge in [-0.3, -0.25) is 9.59 Å². The second-order valence-electron chi connectivity index (χ2n) is 7.47. The van der Waals surface area contributed by atoms with Crippen LogP contribution in [0.2, 0.25) is 0 Å². The summed E-state index contributed by atoms with van der Waals surface area (Å²) in [4.78, 5) is 27.3. The van der Waals surface area contributed by atoms with Crippen LogP contribution in [0.1, 0.15) is 35.4 Å². The van der Waals surface area contributed by atoms with Crippen LogP contribution in [0.25, 0.3) is 5.76 Å². The Morgan fingerprint density at radius 2 is 1.91 bits per heavy atom. The van der Waals surface area contributed by atoms with E-state index in [1.54, 1.807) is 43.3 Å². The highest BCUT2D eigenvalue weighted by Crippen LogP contribution is 2.40. The number of rotatable bonds is 6. The van der Waals surface area contributed by atoms with Gasteiger partial charge in [0.15, 0.2) is 0 Å². The lowest BCUT2D eigenvalue weighted by molar-refractivity contribution is -0.140. The third kappa shape index (κ3) is 3.89. The van der Waals surface area contributed by atoms with Crippen molar-refractivity contribution in [2.24, 2.45) is 0 Å². The normalized spacial score (nSPS) is 17.7. The first-order valence-corrected chi connectivity index (χ1v) is 10.2. The van der Waals surface area contributed by atoms with Gasteiger partial charge >= 0.3 is 0 Å². The molecule has 1 N–H and O–H groups in total. The maximum absolute atomic E-state index is 14.1. The number of aliphatic hydroxyl groups excluding tert-OH is 1. The van der Waals surface area contributed by atoms with Gasteiger partial charge in [-0.15, -0.1) is 0 Å². The molecule has 1 aromatic heterocycles. The van der Waals surface area contributed by atoms with Crippen LogP contribution >= 0.6 is 0 Å². The lowest BCUT2D eigenvalue weighted by atomic mass is 9.95. The summed E-state index contributed by atoms with van der Waals surface area (Å²) in [5.41, 5.74) is 1.03. The minimum Gasteiger partial charge on any atom is -0.507 e. The quantitative estimate of drug-likeness (QED) is 0.343. The van der Waals surface area contributed by atoms with Crippen LogP contribution in [0.3, 0.4) is 0 Å². The monoisotopic (exact) mass is 435 g/mol. The van der Waals surface area contributed by atoms with E-state index < -0.39 is 29.3 Å². The summed E-state index contributed by atoms with van der Waals surface area (Å²) in [7, 11) is 0. The van der Waals surface area contributed by atoms with E-state index >= 15 is 0 Å². The van der Waals surface area contributed by atoms with Crippen LogP contribution in [-0.4, -0.2) is 28.3 Å². The predicted octanol–water partition coefficient (Wildman–Crippen LogP) is 4.75. The maximum Gasteiger partial charge on any atom is 0.296 e. The number of aliphatic hydroxyl groups is 1. The zero-order valence-corrected chi connectivity index (χ0v) is 17.7. The molecule has 1 fully saturated rings. The number of hydrogen-bond acceptors (Lipinski definition) is 5. The molecular weight excluding hydrogens is 413 g/mol. The van der Waals surface area contributed by atoms with Crippen molar-refractivity contribution < 1.29 is 28.2 Å². The minimum atomic E-state index is -0.875. The van der Waals surface area contributed by atoms with Gasteiger partial charge in [-0.1, -0.05) is 24.3 Å². The number of furan rings is 1. The second-order valence-corrected chi connectivity index (χ2v) is 7.47. The Kier molecular flexibility index (Phi) is 5.81. The molecule has 0 radical (unpaired) electrons. The Balaban J connectivity index is 1.84. The molecule has 1 aliphatic heterocycles. The van der Waals surface area contributed by atoms with Gasteiger partial charge in [-0.25, -0.2) is 4.39 Å².